The van der Waals surface area contributed by atoms with Crippen LogP contribution in [0.4, 0.5) is 23.7 Å². The summed E-state index contributed by atoms with van der Waals surface area (Å²) >= 11 is 0. The van der Waals surface area contributed by atoms with Crippen LogP contribution in [0.5, 0.6) is 5.75 Å². The van der Waals surface area contributed by atoms with E-state index in [1.54, 1.807) is 14.1 Å². The minimum atomic E-state index is -2.78. The lowest BCUT2D eigenvalue weighted by molar-refractivity contribution is -0.123. The number of anilines is 1. The van der Waals surface area contributed by atoms with Crippen molar-refractivity contribution >= 4 is 34.6 Å². The number of rotatable bonds is 12. The Labute approximate surface area is 225 Å². The second-order valence-corrected chi connectivity index (χ2v) is 8.74. The summed E-state index contributed by atoms with van der Waals surface area (Å²) in [5.74, 6) is -1.81. The first kappa shape index (κ1) is 29.7. The molecule has 0 aliphatic rings. The molecule has 1 aromatic carbocycles. The predicted octanol–water partition coefficient (Wildman–Crippen LogP) is 2.56. The first-order valence-electron chi connectivity index (χ1n) is 11.9. The van der Waals surface area contributed by atoms with Crippen LogP contribution in [-0.2, 0) is 16.1 Å². The Morgan fingerprint density at radius 3 is 2.70 bits per heavy atom. The van der Waals surface area contributed by atoms with Gasteiger partial charge in [0.2, 0.25) is 11.8 Å². The van der Waals surface area contributed by atoms with Crippen LogP contribution in [0, 0.1) is 5.82 Å². The number of benzene rings is 1. The summed E-state index contributed by atoms with van der Waals surface area (Å²) < 4.78 is 45.2. The fourth-order valence-corrected chi connectivity index (χ4v) is 3.59. The molecule has 12 nitrogen and oxygen atoms in total. The molecule has 0 unspecified atom stereocenters. The predicted molar refractivity (Wildman–Crippen MR) is 138 cm³/mol. The number of carbonyl (C=O) groups excluding carboxylic acids is 2. The Morgan fingerprint density at radius 1 is 1.27 bits per heavy atom. The zero-order chi connectivity index (χ0) is 29.4. The summed E-state index contributed by atoms with van der Waals surface area (Å²) in [5, 5.41) is 13.6. The third-order valence-electron chi connectivity index (χ3n) is 5.47. The molecule has 40 heavy (non-hydrogen) atoms. The lowest BCUT2D eigenvalue weighted by Gasteiger charge is -2.16. The number of hydrogen-bond donors (Lipinski definition) is 4. The molecule has 214 valence electrons. The van der Waals surface area contributed by atoms with Gasteiger partial charge in [-0.3, -0.25) is 14.4 Å². The maximum absolute atomic E-state index is 13.9. The Morgan fingerprint density at radius 2 is 2.02 bits per heavy atom. The lowest BCUT2D eigenvalue weighted by atomic mass is 10.1. The number of hydrogen-bond acceptors (Lipinski definition) is 6. The molecule has 2 heterocycles. The lowest BCUT2D eigenvalue weighted by Crippen LogP contribution is -2.44. The Kier molecular flexibility index (Phi) is 9.89. The number of carbonyl (C=O) groups is 3. The van der Waals surface area contributed by atoms with Crippen molar-refractivity contribution in [3.05, 3.63) is 64.6 Å². The van der Waals surface area contributed by atoms with Crippen LogP contribution in [0.3, 0.4) is 0 Å². The average molecular weight is 565 g/mol. The summed E-state index contributed by atoms with van der Waals surface area (Å²) in [4.78, 5) is 57.0. The van der Waals surface area contributed by atoms with Crippen molar-refractivity contribution < 1.29 is 37.4 Å². The minimum absolute atomic E-state index is 0.0157. The number of allylic oxidation sites excluding steroid dienone is 1. The van der Waals surface area contributed by atoms with E-state index in [1.165, 1.54) is 39.9 Å². The molecule has 4 N–H and O–H groups in total. The third kappa shape index (κ3) is 8.09. The molecule has 0 bridgehead atoms. The third-order valence-corrected chi connectivity index (χ3v) is 5.47. The average Bonchev–Trinajstić information content (AvgIpc) is 3.28. The highest BCUT2D eigenvalue weighted by molar-refractivity contribution is 5.96. The summed E-state index contributed by atoms with van der Waals surface area (Å²) in [7, 11) is 3.14. The molecule has 0 aliphatic carbocycles. The van der Waals surface area contributed by atoms with Gasteiger partial charge in [0.1, 0.15) is 41.2 Å². The number of aromatic amines is 1. The number of amides is 3. The first-order chi connectivity index (χ1) is 18.9. The zero-order valence-corrected chi connectivity index (χ0v) is 21.5. The molecule has 0 saturated carbocycles. The molecule has 3 aromatic rings. The topological polar surface area (TPSA) is 159 Å². The van der Waals surface area contributed by atoms with Crippen molar-refractivity contribution in [2.75, 3.05) is 26.0 Å². The Balaban J connectivity index is 1.76. The SMILES string of the molecule is CN(C)C(=O)/C=C/CC[C@H](NC(=O)O)C(=O)Nc1cccn(Cc2nc3c(OCC(F)F)cc(F)cc3[nH]2)c1=O. The number of fused-ring (bicyclic) bond motifs is 1. The molecule has 0 radical (unpaired) electrons. The van der Waals surface area contributed by atoms with Gasteiger partial charge in [-0.15, -0.1) is 0 Å². The van der Waals surface area contributed by atoms with Gasteiger partial charge in [0.25, 0.3) is 12.0 Å². The van der Waals surface area contributed by atoms with E-state index in [2.05, 4.69) is 20.6 Å². The number of aromatic nitrogens is 3. The van der Waals surface area contributed by atoms with Gasteiger partial charge in [-0.25, -0.2) is 22.9 Å². The van der Waals surface area contributed by atoms with E-state index in [1.807, 2.05) is 0 Å². The minimum Gasteiger partial charge on any atom is -0.485 e. The summed E-state index contributed by atoms with van der Waals surface area (Å²) in [5.41, 5.74) is -0.535. The van der Waals surface area contributed by atoms with Crippen molar-refractivity contribution in [2.24, 2.45) is 0 Å². The van der Waals surface area contributed by atoms with Crippen LogP contribution in [0.2, 0.25) is 0 Å². The van der Waals surface area contributed by atoms with Crippen LogP contribution in [0.15, 0.2) is 47.4 Å². The molecule has 0 fully saturated rings. The number of alkyl halides is 2. The number of likely N-dealkylation sites (N-methyl/N-ethyl adjacent to an activating group) is 1. The molecular formula is C25H27F3N6O6. The monoisotopic (exact) mass is 564 g/mol. The highest BCUT2D eigenvalue weighted by Crippen LogP contribution is 2.26. The van der Waals surface area contributed by atoms with Crippen LogP contribution in [0.1, 0.15) is 18.7 Å². The van der Waals surface area contributed by atoms with E-state index < -0.39 is 42.5 Å². The Bertz CT molecular complexity index is 1470. The number of ether oxygens (including phenoxy) is 1. The van der Waals surface area contributed by atoms with Crippen LogP contribution < -0.4 is 20.9 Å². The van der Waals surface area contributed by atoms with Gasteiger partial charge < -0.3 is 34.9 Å². The van der Waals surface area contributed by atoms with Gasteiger partial charge >= 0.3 is 6.09 Å². The molecule has 2 aromatic heterocycles. The number of pyridine rings is 1. The standard InChI is InChI=1S/C25H27F3N6O6/c1-33(2)21(35)8-4-3-6-15(31-25(38)39)23(36)30-16-7-5-9-34(24(16)37)12-20-29-17-10-14(26)11-18(22(17)32-20)40-13-19(27)28/h4-5,7-11,15,19,31H,3,6,12-13H2,1-2H3,(H,29,32)(H,30,36)(H,38,39)/b8-4+/t15-/m0/s1. The normalized spacial score (nSPS) is 12.1. The van der Waals surface area contributed by atoms with Crippen molar-refractivity contribution in [3.63, 3.8) is 0 Å². The number of halogens is 3. The zero-order valence-electron chi connectivity index (χ0n) is 21.5. The number of H-pyrrole nitrogens is 1. The fraction of sp³-hybridized carbons (Fsp3) is 0.320. The van der Waals surface area contributed by atoms with Gasteiger partial charge in [-0.05, 0) is 37.1 Å². The summed E-state index contributed by atoms with van der Waals surface area (Å²) in [6.07, 6.45) is 0.199. The fourth-order valence-electron chi connectivity index (χ4n) is 3.59. The van der Waals surface area contributed by atoms with Crippen LogP contribution in [-0.4, -0.2) is 75.6 Å². The molecule has 3 rings (SSSR count). The van der Waals surface area contributed by atoms with Crippen molar-refractivity contribution in [1.29, 1.82) is 0 Å². The van der Waals surface area contributed by atoms with Crippen LogP contribution in [0.25, 0.3) is 11.0 Å². The van der Waals surface area contributed by atoms with E-state index in [-0.39, 0.29) is 53.6 Å². The van der Waals surface area contributed by atoms with Gasteiger partial charge in [-0.1, -0.05) is 6.08 Å². The van der Waals surface area contributed by atoms with E-state index in [0.717, 1.165) is 12.1 Å². The van der Waals surface area contributed by atoms with Gasteiger partial charge in [0.05, 0.1) is 12.1 Å². The maximum Gasteiger partial charge on any atom is 0.405 e. The number of nitrogens with one attached hydrogen (secondary N) is 3. The smallest absolute Gasteiger partial charge is 0.405 e. The van der Waals surface area contributed by atoms with Crippen molar-refractivity contribution in [1.82, 2.24) is 24.8 Å². The summed E-state index contributed by atoms with van der Waals surface area (Å²) in [6.45, 7) is -1.11. The number of carboxylic acid groups (broad SMARTS) is 1. The molecule has 15 heteroatoms. The molecule has 0 saturated heterocycles. The molecule has 1 atom stereocenters. The second kappa shape index (κ2) is 13.3. The molecular weight excluding hydrogens is 537 g/mol. The quantitative estimate of drug-likeness (QED) is 0.246. The number of imidazole rings is 1. The van der Waals surface area contributed by atoms with E-state index >= 15 is 0 Å². The second-order valence-electron chi connectivity index (χ2n) is 8.74. The molecule has 3 amide bonds. The molecule has 0 spiro atoms. The van der Waals surface area contributed by atoms with Gasteiger partial charge in [0, 0.05) is 26.4 Å². The van der Waals surface area contributed by atoms with Crippen molar-refractivity contribution in [3.8, 4) is 5.75 Å². The van der Waals surface area contributed by atoms with Crippen LogP contribution >= 0.6 is 0 Å². The molecule has 0 aliphatic heterocycles. The van der Waals surface area contributed by atoms with Gasteiger partial charge in [0.15, 0.2) is 0 Å². The van der Waals surface area contributed by atoms with Gasteiger partial charge in [-0.2, -0.15) is 0 Å². The van der Waals surface area contributed by atoms with E-state index in [4.69, 9.17) is 9.84 Å². The van der Waals surface area contributed by atoms with Crippen molar-refractivity contribution in [2.45, 2.75) is 31.9 Å². The summed E-state index contributed by atoms with van der Waals surface area (Å²) in [6, 6.07) is 3.60. The largest absolute Gasteiger partial charge is 0.485 e. The first-order valence-corrected chi connectivity index (χ1v) is 11.9. The van der Waals surface area contributed by atoms with E-state index in [9.17, 15) is 32.3 Å². The Hall–Kier alpha value is -4.82. The number of nitrogens with zero attached hydrogens (tertiary/aromatic N) is 3. The highest BCUT2D eigenvalue weighted by Gasteiger charge is 2.21. The van der Waals surface area contributed by atoms with E-state index in [0.29, 0.717) is 0 Å². The highest BCUT2D eigenvalue weighted by atomic mass is 19.3. The maximum atomic E-state index is 13.9.